The van der Waals surface area contributed by atoms with Crippen molar-refractivity contribution < 1.29 is 22.7 Å². The standard InChI is InChI=1S/C8H6F3NO2/c9-7(10)8(11)14-6-3-1-2-5(4-13)12-6/h1-4,7-8H. The summed E-state index contributed by atoms with van der Waals surface area (Å²) in [6.45, 7) is 0. The van der Waals surface area contributed by atoms with Crippen LogP contribution in [0.4, 0.5) is 13.2 Å². The lowest BCUT2D eigenvalue weighted by Gasteiger charge is -2.08. The first-order chi connectivity index (χ1) is 6.63. The minimum Gasteiger partial charge on any atom is -0.437 e. The van der Waals surface area contributed by atoms with E-state index in [0.29, 0.717) is 6.29 Å². The molecule has 0 radical (unpaired) electrons. The van der Waals surface area contributed by atoms with Gasteiger partial charge in [0.2, 0.25) is 5.88 Å². The Morgan fingerprint density at radius 3 is 2.64 bits per heavy atom. The molecule has 1 rings (SSSR count). The van der Waals surface area contributed by atoms with E-state index < -0.39 is 12.8 Å². The summed E-state index contributed by atoms with van der Waals surface area (Å²) in [6, 6.07) is 3.88. The van der Waals surface area contributed by atoms with E-state index in [0.717, 1.165) is 0 Å². The molecule has 0 fully saturated rings. The van der Waals surface area contributed by atoms with Gasteiger partial charge >= 0.3 is 6.43 Å². The van der Waals surface area contributed by atoms with Gasteiger partial charge in [-0.1, -0.05) is 6.07 Å². The molecule has 14 heavy (non-hydrogen) atoms. The van der Waals surface area contributed by atoms with Crippen LogP contribution < -0.4 is 4.74 Å². The lowest BCUT2D eigenvalue weighted by Crippen LogP contribution is -2.20. The maximum absolute atomic E-state index is 12.3. The summed E-state index contributed by atoms with van der Waals surface area (Å²) < 4.78 is 39.9. The minimum absolute atomic E-state index is 0.0102. The van der Waals surface area contributed by atoms with Gasteiger partial charge in [-0.15, -0.1) is 0 Å². The largest absolute Gasteiger partial charge is 0.437 e. The van der Waals surface area contributed by atoms with Crippen LogP contribution in [-0.2, 0) is 0 Å². The SMILES string of the molecule is O=Cc1cccc(OC(F)C(F)F)n1. The summed E-state index contributed by atoms with van der Waals surface area (Å²) in [5, 5.41) is 0. The Labute approximate surface area is 77.5 Å². The predicted molar refractivity (Wildman–Crippen MR) is 41.2 cm³/mol. The molecule has 0 bridgehead atoms. The molecule has 0 N–H and O–H groups in total. The highest BCUT2D eigenvalue weighted by Crippen LogP contribution is 2.13. The summed E-state index contributed by atoms with van der Waals surface area (Å²) in [6.07, 6.45) is -5.57. The number of rotatable bonds is 4. The first kappa shape index (κ1) is 10.5. The second-order valence-corrected chi connectivity index (χ2v) is 2.32. The molecule has 6 heteroatoms. The van der Waals surface area contributed by atoms with Crippen molar-refractivity contribution in [2.75, 3.05) is 0 Å². The molecule has 0 saturated heterocycles. The Morgan fingerprint density at radius 2 is 2.07 bits per heavy atom. The van der Waals surface area contributed by atoms with Gasteiger partial charge in [0.05, 0.1) is 0 Å². The molecule has 0 spiro atoms. The van der Waals surface area contributed by atoms with E-state index in [1.165, 1.54) is 18.2 Å². The predicted octanol–water partition coefficient (Wildman–Crippen LogP) is 1.83. The average Bonchev–Trinajstić information content (AvgIpc) is 2.18. The topological polar surface area (TPSA) is 39.2 Å². The zero-order valence-corrected chi connectivity index (χ0v) is 6.86. The average molecular weight is 205 g/mol. The molecule has 1 heterocycles. The smallest absolute Gasteiger partial charge is 0.304 e. The second kappa shape index (κ2) is 4.59. The van der Waals surface area contributed by atoms with Gasteiger partial charge < -0.3 is 4.74 Å². The van der Waals surface area contributed by atoms with E-state index in [1.54, 1.807) is 0 Å². The second-order valence-electron chi connectivity index (χ2n) is 2.32. The lowest BCUT2D eigenvalue weighted by molar-refractivity contribution is -0.0690. The highest BCUT2D eigenvalue weighted by molar-refractivity contribution is 5.71. The lowest BCUT2D eigenvalue weighted by atomic mass is 10.4. The van der Waals surface area contributed by atoms with Crippen LogP contribution in [0.15, 0.2) is 18.2 Å². The maximum atomic E-state index is 12.3. The van der Waals surface area contributed by atoms with Gasteiger partial charge in [0.15, 0.2) is 6.29 Å². The molecule has 0 aliphatic heterocycles. The van der Waals surface area contributed by atoms with E-state index in [9.17, 15) is 18.0 Å². The highest BCUT2D eigenvalue weighted by atomic mass is 19.3. The molecule has 1 atom stereocenters. The van der Waals surface area contributed by atoms with Crippen LogP contribution in [0, 0.1) is 0 Å². The molecule has 1 aromatic rings. The number of nitrogens with zero attached hydrogens (tertiary/aromatic N) is 1. The molecule has 3 nitrogen and oxygen atoms in total. The Kier molecular flexibility index (Phi) is 3.44. The third-order valence-electron chi connectivity index (χ3n) is 1.30. The number of aromatic nitrogens is 1. The Morgan fingerprint density at radius 1 is 1.36 bits per heavy atom. The number of ether oxygens (including phenoxy) is 1. The van der Waals surface area contributed by atoms with Crippen LogP contribution in [-0.4, -0.2) is 24.1 Å². The van der Waals surface area contributed by atoms with Gasteiger partial charge in [0.1, 0.15) is 5.69 Å². The molecule has 0 aliphatic rings. The van der Waals surface area contributed by atoms with E-state index in [1.807, 2.05) is 0 Å². The zero-order chi connectivity index (χ0) is 10.6. The summed E-state index contributed by atoms with van der Waals surface area (Å²) in [5.74, 6) is -0.345. The van der Waals surface area contributed by atoms with Crippen molar-refractivity contribution in [2.24, 2.45) is 0 Å². The monoisotopic (exact) mass is 205 g/mol. The third-order valence-corrected chi connectivity index (χ3v) is 1.30. The number of hydrogen-bond acceptors (Lipinski definition) is 3. The van der Waals surface area contributed by atoms with Crippen LogP contribution in [0.2, 0.25) is 0 Å². The van der Waals surface area contributed by atoms with E-state index >= 15 is 0 Å². The summed E-state index contributed by atoms with van der Waals surface area (Å²) in [4.78, 5) is 13.7. The van der Waals surface area contributed by atoms with Crippen LogP contribution in [0.25, 0.3) is 0 Å². The van der Waals surface area contributed by atoms with Crippen molar-refractivity contribution in [3.05, 3.63) is 23.9 Å². The number of pyridine rings is 1. The Balaban J connectivity index is 2.71. The van der Waals surface area contributed by atoms with Gasteiger partial charge in [0.25, 0.3) is 6.36 Å². The molecule has 76 valence electrons. The molecule has 1 unspecified atom stereocenters. The number of hydrogen-bond donors (Lipinski definition) is 0. The molecular formula is C8H6F3NO2. The molecular weight excluding hydrogens is 199 g/mol. The number of carbonyl (C=O) groups excluding carboxylic acids is 1. The number of halogens is 3. The summed E-state index contributed by atoms with van der Waals surface area (Å²) in [5.41, 5.74) is -0.0102. The van der Waals surface area contributed by atoms with Crippen LogP contribution in [0.1, 0.15) is 10.5 Å². The normalized spacial score (nSPS) is 12.6. The highest BCUT2D eigenvalue weighted by Gasteiger charge is 2.21. The third kappa shape index (κ3) is 2.72. The molecule has 0 aliphatic carbocycles. The van der Waals surface area contributed by atoms with Crippen molar-refractivity contribution in [3.8, 4) is 5.88 Å². The van der Waals surface area contributed by atoms with Gasteiger partial charge in [0, 0.05) is 6.07 Å². The van der Waals surface area contributed by atoms with E-state index in [4.69, 9.17) is 0 Å². The quantitative estimate of drug-likeness (QED) is 0.704. The Hall–Kier alpha value is -1.59. The van der Waals surface area contributed by atoms with Crippen molar-refractivity contribution in [2.45, 2.75) is 12.8 Å². The van der Waals surface area contributed by atoms with Gasteiger partial charge in [-0.3, -0.25) is 4.79 Å². The van der Waals surface area contributed by atoms with E-state index in [-0.39, 0.29) is 11.6 Å². The zero-order valence-electron chi connectivity index (χ0n) is 6.86. The van der Waals surface area contributed by atoms with Crippen LogP contribution >= 0.6 is 0 Å². The first-order valence-electron chi connectivity index (χ1n) is 3.64. The van der Waals surface area contributed by atoms with E-state index in [2.05, 4.69) is 9.72 Å². The maximum Gasteiger partial charge on any atom is 0.304 e. The van der Waals surface area contributed by atoms with Gasteiger partial charge in [-0.05, 0) is 6.07 Å². The number of aldehydes is 1. The number of alkyl halides is 3. The molecule has 0 saturated carbocycles. The fourth-order valence-corrected chi connectivity index (χ4v) is 0.729. The fraction of sp³-hybridized carbons (Fsp3) is 0.250. The van der Waals surface area contributed by atoms with Crippen LogP contribution in [0.3, 0.4) is 0 Å². The molecule has 1 aromatic heterocycles. The first-order valence-corrected chi connectivity index (χ1v) is 3.64. The van der Waals surface area contributed by atoms with Gasteiger partial charge in [-0.25, -0.2) is 13.8 Å². The van der Waals surface area contributed by atoms with Crippen molar-refractivity contribution in [1.82, 2.24) is 4.98 Å². The fourth-order valence-electron chi connectivity index (χ4n) is 0.729. The summed E-state index contributed by atoms with van der Waals surface area (Å²) in [7, 11) is 0. The molecule has 0 amide bonds. The molecule has 0 aromatic carbocycles. The van der Waals surface area contributed by atoms with Crippen molar-refractivity contribution in [3.63, 3.8) is 0 Å². The number of carbonyl (C=O) groups is 1. The summed E-state index contributed by atoms with van der Waals surface area (Å²) >= 11 is 0. The van der Waals surface area contributed by atoms with Crippen molar-refractivity contribution >= 4 is 6.29 Å². The van der Waals surface area contributed by atoms with Gasteiger partial charge in [-0.2, -0.15) is 4.39 Å². The minimum atomic E-state index is -3.24. The van der Waals surface area contributed by atoms with Crippen LogP contribution in [0.5, 0.6) is 5.88 Å². The Bertz CT molecular complexity index is 319. The van der Waals surface area contributed by atoms with Crippen molar-refractivity contribution in [1.29, 1.82) is 0 Å².